The number of carbonyl (C=O) groups excluding carboxylic acids is 1. The van der Waals surface area contributed by atoms with E-state index < -0.39 is 6.10 Å². The Kier molecular flexibility index (Phi) is 5.09. The Morgan fingerprint density at radius 2 is 1.84 bits per heavy atom. The van der Waals surface area contributed by atoms with Gasteiger partial charge in [0.05, 0.1) is 25.9 Å². The summed E-state index contributed by atoms with van der Waals surface area (Å²) in [7, 11) is 4.67. The zero-order valence-electron chi connectivity index (χ0n) is 14.4. The predicted octanol–water partition coefficient (Wildman–Crippen LogP) is 3.39. The van der Waals surface area contributed by atoms with Crippen LogP contribution in [0.15, 0.2) is 36.4 Å². The molecule has 3 rings (SSSR count). The number of Topliss-reactive ketones (excluding diaryl/α,β-unsaturated/α-hetero) is 1. The molecule has 0 bridgehead atoms. The highest BCUT2D eigenvalue weighted by molar-refractivity contribution is 5.99. The molecule has 2 aromatic rings. The van der Waals surface area contributed by atoms with Gasteiger partial charge in [-0.05, 0) is 29.8 Å². The third kappa shape index (κ3) is 3.53. The van der Waals surface area contributed by atoms with E-state index in [0.717, 1.165) is 5.56 Å². The molecule has 0 aliphatic carbocycles. The number of ether oxygens (including phenoxy) is 5. The van der Waals surface area contributed by atoms with Crippen molar-refractivity contribution in [2.24, 2.45) is 0 Å². The van der Waals surface area contributed by atoms with E-state index >= 15 is 0 Å². The Morgan fingerprint density at radius 1 is 1.04 bits per heavy atom. The molecule has 2 aromatic carbocycles. The lowest BCUT2D eigenvalue weighted by atomic mass is 9.99. The molecule has 132 valence electrons. The van der Waals surface area contributed by atoms with Crippen molar-refractivity contribution in [1.82, 2.24) is 0 Å². The second-order valence-electron chi connectivity index (χ2n) is 5.53. The van der Waals surface area contributed by atoms with Gasteiger partial charge in [-0.25, -0.2) is 0 Å². The van der Waals surface area contributed by atoms with Crippen molar-refractivity contribution in [3.8, 4) is 23.0 Å². The maximum atomic E-state index is 12.7. The van der Waals surface area contributed by atoms with E-state index in [2.05, 4.69) is 0 Å². The smallest absolute Gasteiger partial charge is 0.231 e. The summed E-state index contributed by atoms with van der Waals surface area (Å²) in [5, 5.41) is 0. The second kappa shape index (κ2) is 7.44. The number of hydrogen-bond acceptors (Lipinski definition) is 6. The average Bonchev–Trinajstić information content (AvgIpc) is 3.13. The van der Waals surface area contributed by atoms with Crippen molar-refractivity contribution in [2.45, 2.75) is 12.5 Å². The molecule has 1 aliphatic rings. The monoisotopic (exact) mass is 344 g/mol. The van der Waals surface area contributed by atoms with Gasteiger partial charge in [-0.1, -0.05) is 6.07 Å². The highest BCUT2D eigenvalue weighted by Crippen LogP contribution is 2.36. The topological polar surface area (TPSA) is 63.2 Å². The fourth-order valence-corrected chi connectivity index (χ4v) is 2.76. The Balaban J connectivity index is 1.81. The lowest BCUT2D eigenvalue weighted by Crippen LogP contribution is -2.10. The number of benzene rings is 2. The van der Waals surface area contributed by atoms with E-state index in [-0.39, 0.29) is 19.0 Å². The van der Waals surface area contributed by atoms with Crippen molar-refractivity contribution in [3.05, 3.63) is 47.5 Å². The van der Waals surface area contributed by atoms with E-state index in [0.29, 0.717) is 28.6 Å². The Labute approximate surface area is 146 Å². The van der Waals surface area contributed by atoms with Crippen LogP contribution in [0.5, 0.6) is 23.0 Å². The summed E-state index contributed by atoms with van der Waals surface area (Å²) >= 11 is 0. The quantitative estimate of drug-likeness (QED) is 0.718. The van der Waals surface area contributed by atoms with Crippen molar-refractivity contribution >= 4 is 5.78 Å². The van der Waals surface area contributed by atoms with Crippen LogP contribution in [0.1, 0.15) is 28.4 Å². The molecule has 0 N–H and O–H groups in total. The lowest BCUT2D eigenvalue weighted by Gasteiger charge is -2.17. The third-order valence-corrected chi connectivity index (χ3v) is 4.13. The molecular weight excluding hydrogens is 324 g/mol. The third-order valence-electron chi connectivity index (χ3n) is 4.13. The molecule has 0 saturated carbocycles. The van der Waals surface area contributed by atoms with Gasteiger partial charge in [-0.15, -0.1) is 0 Å². The summed E-state index contributed by atoms with van der Waals surface area (Å²) in [5.41, 5.74) is 1.35. The van der Waals surface area contributed by atoms with Gasteiger partial charge in [0.25, 0.3) is 0 Å². The van der Waals surface area contributed by atoms with Gasteiger partial charge in [0.2, 0.25) is 6.79 Å². The first-order valence-electron chi connectivity index (χ1n) is 7.83. The fourth-order valence-electron chi connectivity index (χ4n) is 2.76. The predicted molar refractivity (Wildman–Crippen MR) is 90.8 cm³/mol. The van der Waals surface area contributed by atoms with Gasteiger partial charge in [0, 0.05) is 19.6 Å². The molecule has 0 saturated heterocycles. The molecule has 0 amide bonds. The maximum Gasteiger partial charge on any atom is 0.231 e. The summed E-state index contributed by atoms with van der Waals surface area (Å²) in [6.45, 7) is 0.207. The number of methoxy groups -OCH3 is 3. The molecule has 0 radical (unpaired) electrons. The second-order valence-corrected chi connectivity index (χ2v) is 5.53. The van der Waals surface area contributed by atoms with Crippen molar-refractivity contribution in [1.29, 1.82) is 0 Å². The average molecular weight is 344 g/mol. The molecule has 0 aromatic heterocycles. The van der Waals surface area contributed by atoms with Crippen LogP contribution in [0.4, 0.5) is 0 Å². The van der Waals surface area contributed by atoms with E-state index in [1.165, 1.54) is 7.11 Å². The first-order chi connectivity index (χ1) is 12.2. The lowest BCUT2D eigenvalue weighted by molar-refractivity contribution is 0.0727. The van der Waals surface area contributed by atoms with Crippen LogP contribution >= 0.6 is 0 Å². The van der Waals surface area contributed by atoms with E-state index in [1.807, 2.05) is 18.2 Å². The van der Waals surface area contributed by atoms with Crippen LogP contribution in [0.25, 0.3) is 0 Å². The first-order valence-corrected chi connectivity index (χ1v) is 7.83. The minimum absolute atomic E-state index is 0.0796. The number of hydrogen-bond donors (Lipinski definition) is 0. The van der Waals surface area contributed by atoms with Gasteiger partial charge < -0.3 is 23.7 Å². The molecule has 1 aliphatic heterocycles. The minimum Gasteiger partial charge on any atom is -0.497 e. The van der Waals surface area contributed by atoms with Gasteiger partial charge >= 0.3 is 0 Å². The highest BCUT2D eigenvalue weighted by atomic mass is 16.7. The van der Waals surface area contributed by atoms with Crippen LogP contribution in [0, 0.1) is 0 Å². The van der Waals surface area contributed by atoms with E-state index in [9.17, 15) is 4.79 Å². The number of ketones is 1. The summed E-state index contributed by atoms with van der Waals surface area (Å²) in [4.78, 5) is 12.7. The van der Waals surface area contributed by atoms with Gasteiger partial charge in [-0.3, -0.25) is 4.79 Å². The summed E-state index contributed by atoms with van der Waals surface area (Å²) < 4.78 is 26.7. The van der Waals surface area contributed by atoms with Crippen molar-refractivity contribution in [3.63, 3.8) is 0 Å². The Hall–Kier alpha value is -2.73. The van der Waals surface area contributed by atoms with Gasteiger partial charge in [0.15, 0.2) is 17.3 Å². The molecule has 1 heterocycles. The molecule has 1 unspecified atom stereocenters. The Bertz CT molecular complexity index is 771. The Morgan fingerprint density at radius 3 is 2.56 bits per heavy atom. The van der Waals surface area contributed by atoms with Crippen LogP contribution in [0.2, 0.25) is 0 Å². The van der Waals surface area contributed by atoms with Gasteiger partial charge in [0.1, 0.15) is 11.5 Å². The number of carbonyl (C=O) groups is 1. The minimum atomic E-state index is -0.395. The number of rotatable bonds is 7. The largest absolute Gasteiger partial charge is 0.497 e. The normalized spacial score (nSPS) is 13.4. The molecule has 0 fully saturated rings. The van der Waals surface area contributed by atoms with Crippen molar-refractivity contribution in [2.75, 3.05) is 28.1 Å². The molecule has 1 atom stereocenters. The van der Waals surface area contributed by atoms with Crippen LogP contribution in [-0.4, -0.2) is 33.9 Å². The van der Waals surface area contributed by atoms with Gasteiger partial charge in [-0.2, -0.15) is 0 Å². The number of fused-ring (bicyclic) bond motifs is 1. The summed E-state index contributed by atoms with van der Waals surface area (Å²) in [6, 6.07) is 10.7. The standard InChI is InChI=1S/C19H20O6/c1-21-13-5-6-14(18(9-13)23-3)15(20)10-17(22-2)12-4-7-16-19(8-12)25-11-24-16/h4-9,17H,10-11H2,1-3H3. The van der Waals surface area contributed by atoms with Crippen LogP contribution < -0.4 is 18.9 Å². The molecule has 0 spiro atoms. The summed E-state index contributed by atoms with van der Waals surface area (Å²) in [5.74, 6) is 2.39. The summed E-state index contributed by atoms with van der Waals surface area (Å²) in [6.07, 6.45) is -0.215. The van der Waals surface area contributed by atoms with Crippen molar-refractivity contribution < 1.29 is 28.5 Å². The molecule has 25 heavy (non-hydrogen) atoms. The fraction of sp³-hybridized carbons (Fsp3) is 0.316. The molecule has 6 heteroatoms. The zero-order valence-corrected chi connectivity index (χ0v) is 14.4. The zero-order chi connectivity index (χ0) is 17.8. The molecular formula is C19H20O6. The van der Waals surface area contributed by atoms with E-state index in [1.54, 1.807) is 32.4 Å². The maximum absolute atomic E-state index is 12.7. The first kappa shape index (κ1) is 17.1. The molecule has 6 nitrogen and oxygen atoms in total. The van der Waals surface area contributed by atoms with Crippen LogP contribution in [0.3, 0.4) is 0 Å². The highest BCUT2D eigenvalue weighted by Gasteiger charge is 2.22. The van der Waals surface area contributed by atoms with E-state index in [4.69, 9.17) is 23.7 Å². The SMILES string of the molecule is COc1ccc(C(=O)CC(OC)c2ccc3c(c2)OCO3)c(OC)c1. The van der Waals surface area contributed by atoms with Crippen LogP contribution in [-0.2, 0) is 4.74 Å².